The molecule has 1 aliphatic heterocycles. The second kappa shape index (κ2) is 7.30. The number of para-hydroxylation sites is 1. The van der Waals surface area contributed by atoms with Gasteiger partial charge in [0.2, 0.25) is 0 Å². The molecule has 0 unspecified atom stereocenters. The van der Waals surface area contributed by atoms with Crippen molar-refractivity contribution in [2.45, 2.75) is 28.8 Å². The lowest BCUT2D eigenvalue weighted by Crippen LogP contribution is -2.23. The lowest BCUT2D eigenvalue weighted by molar-refractivity contribution is -0.137. The van der Waals surface area contributed by atoms with Gasteiger partial charge in [0.05, 0.1) is 16.9 Å². The van der Waals surface area contributed by atoms with Gasteiger partial charge in [-0.05, 0) is 63.8 Å². The van der Waals surface area contributed by atoms with Crippen molar-refractivity contribution in [2.24, 2.45) is 0 Å². The van der Waals surface area contributed by atoms with Crippen LogP contribution in [-0.2, 0) is 6.18 Å². The summed E-state index contributed by atoms with van der Waals surface area (Å²) in [6.07, 6.45) is -2.40. The molecule has 134 valence electrons. The number of hydrogen-bond donors (Lipinski definition) is 0. The summed E-state index contributed by atoms with van der Waals surface area (Å²) in [4.78, 5) is 6.11. The van der Waals surface area contributed by atoms with Crippen LogP contribution in [0.3, 0.4) is 0 Å². The number of fused-ring (bicyclic) bond motifs is 2. The van der Waals surface area contributed by atoms with Crippen molar-refractivity contribution in [3.63, 3.8) is 0 Å². The first-order chi connectivity index (χ1) is 11.9. The Morgan fingerprint density at radius 1 is 0.960 bits per heavy atom. The number of anilines is 2. The maximum Gasteiger partial charge on any atom is 0.416 e. The molecule has 3 rings (SSSR count). The van der Waals surface area contributed by atoms with Crippen molar-refractivity contribution in [3.05, 3.63) is 48.0 Å². The Bertz CT molecular complexity index is 744. The third kappa shape index (κ3) is 4.12. The summed E-state index contributed by atoms with van der Waals surface area (Å²) in [6.45, 7) is 1.68. The molecule has 0 saturated heterocycles. The molecule has 1 heterocycles. The zero-order chi connectivity index (χ0) is 18.0. The molecule has 0 aromatic heterocycles. The van der Waals surface area contributed by atoms with Crippen LogP contribution >= 0.6 is 11.8 Å². The number of benzene rings is 2. The van der Waals surface area contributed by atoms with Gasteiger partial charge in [0.25, 0.3) is 0 Å². The maximum atomic E-state index is 13.1. The minimum atomic E-state index is -4.33. The molecule has 0 spiro atoms. The Balaban J connectivity index is 1.92. The lowest BCUT2D eigenvalue weighted by Gasteiger charge is -2.33. The number of nitrogens with zero attached hydrogens (tertiary/aromatic N) is 2. The monoisotopic (exact) mass is 366 g/mol. The molecule has 0 radical (unpaired) electrons. The fraction of sp³-hybridized carbons (Fsp3) is 0.368. The number of hydrogen-bond acceptors (Lipinski definition) is 3. The molecule has 0 amide bonds. The zero-order valence-electron chi connectivity index (χ0n) is 14.3. The average Bonchev–Trinajstić information content (AvgIpc) is 2.56. The summed E-state index contributed by atoms with van der Waals surface area (Å²) in [5, 5.41) is 0. The van der Waals surface area contributed by atoms with Gasteiger partial charge in [-0.25, -0.2) is 0 Å². The number of alkyl halides is 3. The molecular weight excluding hydrogens is 345 g/mol. The van der Waals surface area contributed by atoms with Gasteiger partial charge in [-0.1, -0.05) is 23.9 Å². The molecule has 0 saturated carbocycles. The quantitative estimate of drug-likeness (QED) is 0.632. The van der Waals surface area contributed by atoms with Crippen molar-refractivity contribution < 1.29 is 13.2 Å². The highest BCUT2D eigenvalue weighted by molar-refractivity contribution is 7.99. The highest BCUT2D eigenvalue weighted by Crippen LogP contribution is 2.49. The Morgan fingerprint density at radius 3 is 2.40 bits per heavy atom. The average molecular weight is 366 g/mol. The third-order valence-corrected chi connectivity index (χ3v) is 5.32. The van der Waals surface area contributed by atoms with Crippen LogP contribution in [0.25, 0.3) is 0 Å². The first-order valence-corrected chi connectivity index (χ1v) is 9.08. The third-order valence-electron chi connectivity index (χ3n) is 4.19. The van der Waals surface area contributed by atoms with Crippen LogP contribution in [0.1, 0.15) is 18.4 Å². The van der Waals surface area contributed by atoms with Crippen LogP contribution in [0.5, 0.6) is 0 Å². The minimum absolute atomic E-state index is 0.593. The molecule has 6 heteroatoms. The van der Waals surface area contributed by atoms with E-state index >= 15 is 0 Å². The van der Waals surface area contributed by atoms with E-state index in [-0.39, 0.29) is 0 Å². The standard InChI is InChI=1S/C19H21F3N2S/c1-23(2)11-5-6-12-24-15-7-3-4-8-17(15)25-18-10-9-14(13-16(18)24)19(20,21)22/h3-4,7-10,13H,5-6,11-12H2,1-2H3. The van der Waals surface area contributed by atoms with E-state index < -0.39 is 11.7 Å². The summed E-state index contributed by atoms with van der Waals surface area (Å²) >= 11 is 1.53. The SMILES string of the molecule is CN(C)CCCCN1c2ccccc2Sc2ccc(C(F)(F)F)cc21. The largest absolute Gasteiger partial charge is 0.416 e. The summed E-state index contributed by atoms with van der Waals surface area (Å²) in [6, 6.07) is 11.9. The van der Waals surface area contributed by atoms with Gasteiger partial charge >= 0.3 is 6.18 Å². The fourth-order valence-electron chi connectivity index (χ4n) is 2.94. The van der Waals surface area contributed by atoms with Crippen molar-refractivity contribution in [2.75, 3.05) is 32.1 Å². The predicted octanol–water partition coefficient (Wildman–Crippen LogP) is 5.65. The van der Waals surface area contributed by atoms with Crippen LogP contribution in [0.4, 0.5) is 24.5 Å². The van der Waals surface area contributed by atoms with E-state index in [1.54, 1.807) is 6.07 Å². The van der Waals surface area contributed by atoms with Gasteiger partial charge in [-0.3, -0.25) is 0 Å². The number of halogens is 3. The first-order valence-electron chi connectivity index (χ1n) is 8.26. The van der Waals surface area contributed by atoms with E-state index in [0.717, 1.165) is 34.9 Å². The molecule has 2 nitrogen and oxygen atoms in total. The smallest absolute Gasteiger partial charge is 0.340 e. The van der Waals surface area contributed by atoms with Gasteiger partial charge in [0, 0.05) is 16.3 Å². The molecule has 0 bridgehead atoms. The Kier molecular flexibility index (Phi) is 5.29. The number of rotatable bonds is 5. The summed E-state index contributed by atoms with van der Waals surface area (Å²) in [5.74, 6) is 0. The van der Waals surface area contributed by atoms with Crippen LogP contribution in [-0.4, -0.2) is 32.1 Å². The van der Waals surface area contributed by atoms with Crippen LogP contribution in [0, 0.1) is 0 Å². The molecule has 0 atom stereocenters. The molecule has 0 aliphatic carbocycles. The second-order valence-electron chi connectivity index (χ2n) is 6.41. The summed E-state index contributed by atoms with van der Waals surface area (Å²) in [5.41, 5.74) is 1.05. The van der Waals surface area contributed by atoms with Crippen LogP contribution in [0.2, 0.25) is 0 Å². The normalized spacial score (nSPS) is 13.8. The Hall–Kier alpha value is -1.66. The van der Waals surface area contributed by atoms with Crippen LogP contribution in [0.15, 0.2) is 52.3 Å². The first kappa shape index (κ1) is 18.1. The van der Waals surface area contributed by atoms with Crippen molar-refractivity contribution in [1.29, 1.82) is 0 Å². The molecule has 0 fully saturated rings. The zero-order valence-corrected chi connectivity index (χ0v) is 15.1. The van der Waals surface area contributed by atoms with E-state index in [9.17, 15) is 13.2 Å². The summed E-state index contributed by atoms with van der Waals surface area (Å²) in [7, 11) is 4.05. The van der Waals surface area contributed by atoms with E-state index in [1.807, 2.05) is 43.3 Å². The maximum absolute atomic E-state index is 13.1. The van der Waals surface area contributed by atoms with E-state index in [4.69, 9.17) is 0 Å². The summed E-state index contributed by atoms with van der Waals surface area (Å²) < 4.78 is 39.4. The molecule has 2 aromatic rings. The highest BCUT2D eigenvalue weighted by atomic mass is 32.2. The van der Waals surface area contributed by atoms with Gasteiger partial charge in [0.1, 0.15) is 0 Å². The minimum Gasteiger partial charge on any atom is -0.340 e. The van der Waals surface area contributed by atoms with E-state index in [2.05, 4.69) is 4.90 Å². The molecule has 0 N–H and O–H groups in total. The van der Waals surface area contributed by atoms with Crippen LogP contribution < -0.4 is 4.90 Å². The van der Waals surface area contributed by atoms with Gasteiger partial charge < -0.3 is 9.80 Å². The van der Waals surface area contributed by atoms with Gasteiger partial charge in [-0.2, -0.15) is 13.2 Å². The number of unbranched alkanes of at least 4 members (excludes halogenated alkanes) is 1. The fourth-order valence-corrected chi connectivity index (χ4v) is 4.02. The van der Waals surface area contributed by atoms with Gasteiger partial charge in [-0.15, -0.1) is 0 Å². The molecular formula is C19H21F3N2S. The van der Waals surface area contributed by atoms with Crippen molar-refractivity contribution in [1.82, 2.24) is 4.90 Å². The van der Waals surface area contributed by atoms with E-state index in [1.165, 1.54) is 23.9 Å². The van der Waals surface area contributed by atoms with Gasteiger partial charge in [0.15, 0.2) is 0 Å². The molecule has 1 aliphatic rings. The molecule has 2 aromatic carbocycles. The van der Waals surface area contributed by atoms with E-state index in [0.29, 0.717) is 12.2 Å². The topological polar surface area (TPSA) is 6.48 Å². The van der Waals surface area contributed by atoms with Crippen molar-refractivity contribution >= 4 is 23.1 Å². The highest BCUT2D eigenvalue weighted by Gasteiger charge is 2.33. The van der Waals surface area contributed by atoms with Crippen molar-refractivity contribution in [3.8, 4) is 0 Å². The Labute approximate surface area is 150 Å². The lowest BCUT2D eigenvalue weighted by atomic mass is 10.1. The predicted molar refractivity (Wildman–Crippen MR) is 96.8 cm³/mol. The second-order valence-corrected chi connectivity index (χ2v) is 7.50. The molecule has 25 heavy (non-hydrogen) atoms. The Morgan fingerprint density at radius 2 is 1.68 bits per heavy atom.